The minimum Gasteiger partial charge on any atom is -0.493 e. The number of fused-ring (bicyclic) bond motifs is 2. The van der Waals surface area contributed by atoms with Gasteiger partial charge in [-0.15, -0.1) is 0 Å². The molecule has 2 heterocycles. The lowest BCUT2D eigenvalue weighted by molar-refractivity contribution is 0.358. The normalized spacial score (nSPS) is 10.5. The third-order valence-electron chi connectivity index (χ3n) is 3.85. The topological polar surface area (TPSA) is 44.2 Å². The molecule has 0 unspecified atom stereocenters. The molecule has 0 N–H and O–H groups in total. The number of nitrogens with zero attached hydrogens (tertiary/aromatic N) is 2. The summed E-state index contributed by atoms with van der Waals surface area (Å²) >= 11 is 18.4. The fourth-order valence-corrected chi connectivity index (χ4v) is 3.61. The van der Waals surface area contributed by atoms with Crippen LogP contribution in [0.15, 0.2) is 57.7 Å². The van der Waals surface area contributed by atoms with Gasteiger partial charge in [-0.3, -0.25) is 9.97 Å². The van der Waals surface area contributed by atoms with Gasteiger partial charge in [0.1, 0.15) is 5.52 Å². The number of hydrogen-bond donors (Lipinski definition) is 0. The minimum absolute atomic E-state index is 0.531. The Morgan fingerprint density at radius 1 is 0.786 bits per heavy atom. The summed E-state index contributed by atoms with van der Waals surface area (Å²) in [4.78, 5) is 8.50. The average Bonchev–Trinajstić information content (AvgIpc) is 2.68. The van der Waals surface area contributed by atoms with E-state index in [9.17, 15) is 0 Å². The molecule has 4 rings (SSSR count). The highest BCUT2D eigenvalue weighted by Crippen LogP contribution is 2.34. The zero-order valence-electron chi connectivity index (χ0n) is 14.8. The quantitative estimate of drug-likeness (QED) is 0.265. The highest BCUT2D eigenvalue weighted by atomic mass is 79.9. The number of methoxy groups -OCH3 is 2. The summed E-state index contributed by atoms with van der Waals surface area (Å²) < 4.78 is 12.4. The van der Waals surface area contributed by atoms with E-state index in [4.69, 9.17) is 32.7 Å². The molecule has 0 atom stereocenters. The van der Waals surface area contributed by atoms with Crippen LogP contribution in [0.4, 0.5) is 0 Å². The van der Waals surface area contributed by atoms with Gasteiger partial charge in [-0.25, -0.2) is 0 Å². The van der Waals surface area contributed by atoms with Crippen LogP contribution in [0.3, 0.4) is 0 Å². The first-order valence-corrected chi connectivity index (χ1v) is 10.3. The van der Waals surface area contributed by atoms with Crippen LogP contribution < -0.4 is 9.47 Å². The number of pyridine rings is 2. The molecular weight excluding hydrogens is 531 g/mol. The lowest BCUT2D eigenvalue weighted by Gasteiger charge is -2.09. The first kappa shape index (κ1) is 21.1. The Morgan fingerprint density at radius 2 is 1.43 bits per heavy atom. The van der Waals surface area contributed by atoms with Gasteiger partial charge in [0.2, 0.25) is 0 Å². The molecule has 144 valence electrons. The third kappa shape index (κ3) is 4.69. The smallest absolute Gasteiger partial charge is 0.187 e. The highest BCUT2D eigenvalue weighted by molar-refractivity contribution is 9.10. The summed E-state index contributed by atoms with van der Waals surface area (Å²) in [6.07, 6.45) is 3.47. The standard InChI is InChI=1S/C11H10BrNO2.C9H4BrCl2N/c1-14-9-4-3-7-5-8(12)6-13-10(7)11(9)15-2;10-6-1-5-2-7(11)8(12)3-9(5)13-4-6/h3-6H,1-2H3;1-4H. The Balaban J connectivity index is 0.000000162. The SMILES string of the molecule is COc1ccc2cc(Br)cnc2c1OC.Clc1cc2cc(Br)cnc2cc1Cl. The van der Waals surface area contributed by atoms with Crippen molar-refractivity contribution >= 4 is 76.9 Å². The number of halogens is 4. The van der Waals surface area contributed by atoms with Crippen LogP contribution in [-0.2, 0) is 0 Å². The molecule has 0 aliphatic rings. The van der Waals surface area contributed by atoms with Crippen molar-refractivity contribution in [1.82, 2.24) is 9.97 Å². The summed E-state index contributed by atoms with van der Waals surface area (Å²) in [6.45, 7) is 0. The zero-order valence-corrected chi connectivity index (χ0v) is 19.5. The predicted octanol–water partition coefficient (Wildman–Crippen LogP) is 7.32. The Bertz CT molecular complexity index is 1160. The van der Waals surface area contributed by atoms with Crippen molar-refractivity contribution in [2.45, 2.75) is 0 Å². The molecule has 8 heteroatoms. The maximum Gasteiger partial charge on any atom is 0.187 e. The Hall–Kier alpha value is -1.60. The average molecular weight is 545 g/mol. The lowest BCUT2D eigenvalue weighted by Crippen LogP contribution is -1.92. The molecule has 0 aliphatic heterocycles. The minimum atomic E-state index is 0.531. The number of rotatable bonds is 2. The lowest BCUT2D eigenvalue weighted by atomic mass is 10.2. The van der Waals surface area contributed by atoms with E-state index in [1.807, 2.05) is 24.3 Å². The van der Waals surface area contributed by atoms with Crippen molar-refractivity contribution in [2.75, 3.05) is 14.2 Å². The Labute approximate surface area is 189 Å². The van der Waals surface area contributed by atoms with Gasteiger partial charge in [-0.1, -0.05) is 23.2 Å². The molecule has 2 aromatic heterocycles. The van der Waals surface area contributed by atoms with Crippen molar-refractivity contribution in [3.63, 3.8) is 0 Å². The fraction of sp³-hybridized carbons (Fsp3) is 0.100. The van der Waals surface area contributed by atoms with Crippen molar-refractivity contribution in [3.05, 3.63) is 67.8 Å². The fourth-order valence-electron chi connectivity index (χ4n) is 2.58. The van der Waals surface area contributed by atoms with Crippen LogP contribution in [0, 0.1) is 0 Å². The summed E-state index contributed by atoms with van der Waals surface area (Å²) in [6, 6.07) is 11.3. The number of ether oxygens (including phenoxy) is 2. The maximum atomic E-state index is 5.86. The number of hydrogen-bond acceptors (Lipinski definition) is 4. The van der Waals surface area contributed by atoms with E-state index >= 15 is 0 Å². The Kier molecular flexibility index (Phi) is 6.99. The third-order valence-corrected chi connectivity index (χ3v) is 5.44. The van der Waals surface area contributed by atoms with E-state index < -0.39 is 0 Å². The van der Waals surface area contributed by atoms with Gasteiger partial charge in [0, 0.05) is 32.1 Å². The highest BCUT2D eigenvalue weighted by Gasteiger charge is 2.09. The van der Waals surface area contributed by atoms with Gasteiger partial charge in [0.05, 0.1) is 29.8 Å². The molecule has 0 saturated carbocycles. The van der Waals surface area contributed by atoms with Gasteiger partial charge in [-0.05, 0) is 68.3 Å². The van der Waals surface area contributed by atoms with Crippen LogP contribution in [0.1, 0.15) is 0 Å². The molecule has 0 radical (unpaired) electrons. The predicted molar refractivity (Wildman–Crippen MR) is 122 cm³/mol. The molecule has 0 spiro atoms. The second-order valence-corrected chi connectivity index (χ2v) is 8.28. The first-order valence-electron chi connectivity index (χ1n) is 7.99. The van der Waals surface area contributed by atoms with E-state index in [0.29, 0.717) is 21.5 Å². The molecule has 4 nitrogen and oxygen atoms in total. The molecular formula is C20H14Br2Cl2N2O2. The van der Waals surface area contributed by atoms with Gasteiger partial charge in [0.15, 0.2) is 11.5 Å². The molecule has 2 aromatic carbocycles. The number of benzene rings is 2. The summed E-state index contributed by atoms with van der Waals surface area (Å²) in [7, 11) is 3.23. The van der Waals surface area contributed by atoms with E-state index in [1.165, 1.54) is 0 Å². The monoisotopic (exact) mass is 542 g/mol. The van der Waals surface area contributed by atoms with E-state index in [1.54, 1.807) is 38.7 Å². The van der Waals surface area contributed by atoms with Crippen LogP contribution >= 0.6 is 55.1 Å². The summed E-state index contributed by atoms with van der Waals surface area (Å²) in [5, 5.41) is 3.07. The molecule has 28 heavy (non-hydrogen) atoms. The van der Waals surface area contributed by atoms with Crippen molar-refractivity contribution in [1.29, 1.82) is 0 Å². The molecule has 0 amide bonds. The van der Waals surface area contributed by atoms with Crippen molar-refractivity contribution in [2.24, 2.45) is 0 Å². The van der Waals surface area contributed by atoms with Crippen LogP contribution in [-0.4, -0.2) is 24.2 Å². The van der Waals surface area contributed by atoms with Gasteiger partial charge in [0.25, 0.3) is 0 Å². The Morgan fingerprint density at radius 3 is 2.11 bits per heavy atom. The second-order valence-electron chi connectivity index (χ2n) is 5.64. The van der Waals surface area contributed by atoms with Crippen molar-refractivity contribution in [3.8, 4) is 11.5 Å². The van der Waals surface area contributed by atoms with E-state index in [0.717, 1.165) is 30.8 Å². The maximum absolute atomic E-state index is 5.86. The zero-order chi connectivity index (χ0) is 20.3. The molecule has 0 aliphatic carbocycles. The second kappa shape index (κ2) is 9.27. The van der Waals surface area contributed by atoms with Gasteiger partial charge >= 0.3 is 0 Å². The van der Waals surface area contributed by atoms with E-state index in [-0.39, 0.29) is 0 Å². The van der Waals surface area contributed by atoms with E-state index in [2.05, 4.69) is 41.8 Å². The summed E-state index contributed by atoms with van der Waals surface area (Å²) in [5.41, 5.74) is 1.65. The molecule has 4 aromatic rings. The van der Waals surface area contributed by atoms with Crippen LogP contribution in [0.25, 0.3) is 21.8 Å². The summed E-state index contributed by atoms with van der Waals surface area (Å²) in [5.74, 6) is 1.36. The molecule has 0 saturated heterocycles. The number of aromatic nitrogens is 2. The van der Waals surface area contributed by atoms with Crippen LogP contribution in [0.2, 0.25) is 10.0 Å². The molecule has 0 fully saturated rings. The van der Waals surface area contributed by atoms with Gasteiger partial charge < -0.3 is 9.47 Å². The largest absolute Gasteiger partial charge is 0.493 e. The van der Waals surface area contributed by atoms with Gasteiger partial charge in [-0.2, -0.15) is 0 Å². The first-order chi connectivity index (χ1) is 13.4. The molecule has 0 bridgehead atoms. The van der Waals surface area contributed by atoms with Crippen molar-refractivity contribution < 1.29 is 9.47 Å². The van der Waals surface area contributed by atoms with Crippen LogP contribution in [0.5, 0.6) is 11.5 Å².